The molecule has 0 unspecified atom stereocenters. The standard InChI is InChI=1S/C22H29F3N6.HI/c1-3-30-10-12-31(13-11-30)20-14-18(8-9-27-20)16-29-21(26-2)28-15-17-4-6-19(7-5-17)22(23,24)25;/h4-9,14H,3,10-13,15-16H2,1-2H3,(H2,26,28,29);1H. The van der Waals surface area contributed by atoms with Crippen molar-refractivity contribution in [3.05, 3.63) is 59.3 Å². The van der Waals surface area contributed by atoms with Crippen LogP contribution < -0.4 is 15.5 Å². The van der Waals surface area contributed by atoms with Gasteiger partial charge in [-0.25, -0.2) is 4.98 Å². The Morgan fingerprint density at radius 2 is 1.62 bits per heavy atom. The maximum Gasteiger partial charge on any atom is 0.416 e. The minimum absolute atomic E-state index is 0. The van der Waals surface area contributed by atoms with Crippen LogP contribution in [0.5, 0.6) is 0 Å². The van der Waals surface area contributed by atoms with E-state index < -0.39 is 11.7 Å². The van der Waals surface area contributed by atoms with Gasteiger partial charge >= 0.3 is 6.18 Å². The molecule has 1 aliphatic rings. The number of likely N-dealkylation sites (N-methyl/N-ethyl adjacent to an activating group) is 1. The van der Waals surface area contributed by atoms with Gasteiger partial charge in [-0.3, -0.25) is 4.99 Å². The quantitative estimate of drug-likeness (QED) is 0.320. The third kappa shape index (κ3) is 7.51. The molecule has 1 saturated heterocycles. The van der Waals surface area contributed by atoms with E-state index in [-0.39, 0.29) is 24.0 Å². The third-order valence-corrected chi connectivity index (χ3v) is 5.38. The van der Waals surface area contributed by atoms with Crippen LogP contribution in [0.3, 0.4) is 0 Å². The number of hydrogen-bond donors (Lipinski definition) is 2. The molecule has 176 valence electrons. The maximum absolute atomic E-state index is 12.7. The van der Waals surface area contributed by atoms with Crippen molar-refractivity contribution in [2.24, 2.45) is 4.99 Å². The number of guanidine groups is 1. The average molecular weight is 562 g/mol. The van der Waals surface area contributed by atoms with Gasteiger partial charge in [0.05, 0.1) is 5.56 Å². The highest BCUT2D eigenvalue weighted by molar-refractivity contribution is 14.0. The molecule has 0 atom stereocenters. The van der Waals surface area contributed by atoms with Crippen molar-refractivity contribution in [1.29, 1.82) is 0 Å². The van der Waals surface area contributed by atoms with Crippen molar-refractivity contribution in [1.82, 2.24) is 20.5 Å². The fourth-order valence-electron chi connectivity index (χ4n) is 3.44. The van der Waals surface area contributed by atoms with Crippen LogP contribution >= 0.6 is 24.0 Å². The van der Waals surface area contributed by atoms with E-state index in [0.29, 0.717) is 19.0 Å². The molecule has 0 saturated carbocycles. The van der Waals surface area contributed by atoms with Crippen LogP contribution in [0.1, 0.15) is 23.6 Å². The number of hydrogen-bond acceptors (Lipinski definition) is 4. The molecule has 6 nitrogen and oxygen atoms in total. The Balaban J connectivity index is 0.00000363. The number of anilines is 1. The van der Waals surface area contributed by atoms with Crippen molar-refractivity contribution in [2.75, 3.05) is 44.7 Å². The van der Waals surface area contributed by atoms with Gasteiger partial charge in [-0.1, -0.05) is 19.1 Å². The topological polar surface area (TPSA) is 55.8 Å². The van der Waals surface area contributed by atoms with E-state index in [1.807, 2.05) is 12.3 Å². The molecule has 0 aliphatic carbocycles. The van der Waals surface area contributed by atoms with Gasteiger partial charge in [0.1, 0.15) is 5.82 Å². The lowest BCUT2D eigenvalue weighted by Gasteiger charge is -2.34. The summed E-state index contributed by atoms with van der Waals surface area (Å²) in [5, 5.41) is 6.37. The zero-order valence-corrected chi connectivity index (χ0v) is 20.7. The van der Waals surface area contributed by atoms with Crippen LogP contribution in [0.15, 0.2) is 47.6 Å². The SMILES string of the molecule is CCN1CCN(c2cc(CNC(=NC)NCc3ccc(C(F)(F)F)cc3)ccn2)CC1.I. The Kier molecular flexibility index (Phi) is 10.0. The molecule has 0 radical (unpaired) electrons. The predicted molar refractivity (Wildman–Crippen MR) is 132 cm³/mol. The Bertz CT molecular complexity index is 865. The van der Waals surface area contributed by atoms with Gasteiger partial charge in [-0.05, 0) is 41.9 Å². The molecule has 3 rings (SSSR count). The molecule has 0 amide bonds. The first kappa shape index (κ1) is 26.2. The summed E-state index contributed by atoms with van der Waals surface area (Å²) in [5.74, 6) is 1.55. The van der Waals surface area contributed by atoms with E-state index in [1.54, 1.807) is 7.05 Å². The lowest BCUT2D eigenvalue weighted by molar-refractivity contribution is -0.137. The van der Waals surface area contributed by atoms with Crippen molar-refractivity contribution in [2.45, 2.75) is 26.2 Å². The van der Waals surface area contributed by atoms with E-state index in [0.717, 1.165) is 61.8 Å². The van der Waals surface area contributed by atoms with Crippen molar-refractivity contribution in [3.8, 4) is 0 Å². The number of nitrogens with zero attached hydrogens (tertiary/aromatic N) is 4. The molecule has 1 aromatic heterocycles. The first-order chi connectivity index (χ1) is 14.9. The molecule has 0 bridgehead atoms. The summed E-state index contributed by atoms with van der Waals surface area (Å²) >= 11 is 0. The van der Waals surface area contributed by atoms with E-state index in [2.05, 4.69) is 43.4 Å². The summed E-state index contributed by atoms with van der Waals surface area (Å²) in [5.41, 5.74) is 1.18. The number of halogens is 4. The van der Waals surface area contributed by atoms with E-state index >= 15 is 0 Å². The summed E-state index contributed by atoms with van der Waals surface area (Å²) in [6, 6.07) is 9.16. The Hall–Kier alpha value is -2.08. The third-order valence-electron chi connectivity index (χ3n) is 5.38. The van der Waals surface area contributed by atoms with E-state index in [1.165, 1.54) is 12.1 Å². The Morgan fingerprint density at radius 1 is 1.00 bits per heavy atom. The molecule has 2 N–H and O–H groups in total. The van der Waals surface area contributed by atoms with Crippen molar-refractivity contribution >= 4 is 35.8 Å². The van der Waals surface area contributed by atoms with Gasteiger partial charge in [0.2, 0.25) is 0 Å². The lowest BCUT2D eigenvalue weighted by atomic mass is 10.1. The molecule has 1 aromatic carbocycles. The number of aromatic nitrogens is 1. The van der Waals surface area contributed by atoms with Crippen LogP contribution in [0.25, 0.3) is 0 Å². The average Bonchev–Trinajstić information content (AvgIpc) is 2.79. The number of benzene rings is 1. The summed E-state index contributed by atoms with van der Waals surface area (Å²) < 4.78 is 38.0. The normalized spacial score (nSPS) is 15.3. The number of piperazine rings is 1. The van der Waals surface area contributed by atoms with Gasteiger partial charge in [-0.15, -0.1) is 24.0 Å². The smallest absolute Gasteiger partial charge is 0.354 e. The summed E-state index contributed by atoms with van der Waals surface area (Å²) in [6.45, 7) is 8.21. The van der Waals surface area contributed by atoms with Crippen LogP contribution in [-0.2, 0) is 19.3 Å². The highest BCUT2D eigenvalue weighted by Gasteiger charge is 2.29. The van der Waals surface area contributed by atoms with Crippen molar-refractivity contribution in [3.63, 3.8) is 0 Å². The highest BCUT2D eigenvalue weighted by atomic mass is 127. The molecular weight excluding hydrogens is 532 g/mol. The molecule has 2 heterocycles. The minimum atomic E-state index is -4.32. The lowest BCUT2D eigenvalue weighted by Crippen LogP contribution is -2.46. The van der Waals surface area contributed by atoms with Crippen molar-refractivity contribution < 1.29 is 13.2 Å². The fraction of sp³-hybridized carbons (Fsp3) is 0.455. The van der Waals surface area contributed by atoms with Gasteiger partial charge in [0.15, 0.2) is 5.96 Å². The number of rotatable bonds is 6. The Labute approximate surface area is 204 Å². The zero-order valence-electron chi connectivity index (χ0n) is 18.3. The molecular formula is C22H30F3IN6. The molecule has 1 aliphatic heterocycles. The molecule has 2 aromatic rings. The molecule has 10 heteroatoms. The van der Waals surface area contributed by atoms with Gasteiger partial charge in [0.25, 0.3) is 0 Å². The monoisotopic (exact) mass is 562 g/mol. The van der Waals surface area contributed by atoms with Gasteiger partial charge < -0.3 is 20.4 Å². The van der Waals surface area contributed by atoms with Gasteiger partial charge in [-0.2, -0.15) is 13.2 Å². The predicted octanol–water partition coefficient (Wildman–Crippen LogP) is 3.73. The van der Waals surface area contributed by atoms with Crippen LogP contribution in [0.4, 0.5) is 19.0 Å². The summed E-state index contributed by atoms with van der Waals surface area (Å²) in [7, 11) is 1.66. The number of aliphatic imine (C=N–C) groups is 1. The van der Waals surface area contributed by atoms with Crippen LogP contribution in [-0.4, -0.2) is 55.6 Å². The van der Waals surface area contributed by atoms with E-state index in [4.69, 9.17) is 0 Å². The van der Waals surface area contributed by atoms with E-state index in [9.17, 15) is 13.2 Å². The highest BCUT2D eigenvalue weighted by Crippen LogP contribution is 2.29. The van der Waals surface area contributed by atoms with Crippen LogP contribution in [0, 0.1) is 0 Å². The number of nitrogens with one attached hydrogen (secondary N) is 2. The summed E-state index contributed by atoms with van der Waals surface area (Å²) in [6.07, 6.45) is -2.51. The maximum atomic E-state index is 12.7. The largest absolute Gasteiger partial charge is 0.416 e. The molecule has 1 fully saturated rings. The fourth-order valence-corrected chi connectivity index (χ4v) is 3.44. The first-order valence-corrected chi connectivity index (χ1v) is 10.4. The second-order valence-electron chi connectivity index (χ2n) is 7.42. The number of pyridine rings is 1. The second-order valence-corrected chi connectivity index (χ2v) is 7.42. The summed E-state index contributed by atoms with van der Waals surface area (Å²) in [4.78, 5) is 13.4. The van der Waals surface area contributed by atoms with Crippen LogP contribution in [0.2, 0.25) is 0 Å². The molecule has 0 spiro atoms. The second kappa shape index (κ2) is 12.2. The van der Waals surface area contributed by atoms with Gasteiger partial charge in [0, 0.05) is 52.5 Å². The first-order valence-electron chi connectivity index (χ1n) is 10.4. The Morgan fingerprint density at radius 3 is 2.19 bits per heavy atom. The zero-order chi connectivity index (χ0) is 22.3. The molecule has 32 heavy (non-hydrogen) atoms. The number of alkyl halides is 3. The minimum Gasteiger partial charge on any atom is -0.354 e.